The molecule has 35 heavy (non-hydrogen) atoms. The SMILES string of the molecule is COc1ccc(/C=N/NC(=O)c2c[nH]c3ccccc23)cc1OC(=O)c1ccccc1OC(C)=O. The first-order valence-electron chi connectivity index (χ1n) is 10.5. The van der Waals surface area contributed by atoms with Crippen molar-refractivity contribution in [1.82, 2.24) is 10.4 Å². The highest BCUT2D eigenvalue weighted by Crippen LogP contribution is 2.30. The summed E-state index contributed by atoms with van der Waals surface area (Å²) in [5.41, 5.74) is 4.42. The van der Waals surface area contributed by atoms with E-state index < -0.39 is 11.9 Å². The Balaban J connectivity index is 1.50. The molecule has 0 saturated heterocycles. The molecule has 0 bridgehead atoms. The molecule has 0 aliphatic rings. The lowest BCUT2D eigenvalue weighted by atomic mass is 10.2. The van der Waals surface area contributed by atoms with Crippen LogP contribution in [-0.2, 0) is 4.79 Å². The predicted molar refractivity (Wildman–Crippen MR) is 129 cm³/mol. The Morgan fingerprint density at radius 1 is 0.886 bits per heavy atom. The summed E-state index contributed by atoms with van der Waals surface area (Å²) in [6.45, 7) is 1.24. The van der Waals surface area contributed by atoms with Crippen LogP contribution in [0.2, 0.25) is 0 Å². The van der Waals surface area contributed by atoms with Gasteiger partial charge in [-0.1, -0.05) is 30.3 Å². The zero-order valence-corrected chi connectivity index (χ0v) is 18.9. The number of amides is 1. The van der Waals surface area contributed by atoms with Gasteiger partial charge < -0.3 is 19.2 Å². The van der Waals surface area contributed by atoms with Crippen molar-refractivity contribution in [3.63, 3.8) is 0 Å². The summed E-state index contributed by atoms with van der Waals surface area (Å²) >= 11 is 0. The summed E-state index contributed by atoms with van der Waals surface area (Å²) in [5, 5.41) is 4.79. The van der Waals surface area contributed by atoms with Crippen LogP contribution in [0.15, 0.2) is 78.0 Å². The van der Waals surface area contributed by atoms with Crippen molar-refractivity contribution in [1.29, 1.82) is 0 Å². The Hall–Kier alpha value is -4.92. The highest BCUT2D eigenvalue weighted by Gasteiger charge is 2.18. The van der Waals surface area contributed by atoms with E-state index in [9.17, 15) is 14.4 Å². The van der Waals surface area contributed by atoms with Gasteiger partial charge in [-0.15, -0.1) is 0 Å². The maximum absolute atomic E-state index is 12.8. The van der Waals surface area contributed by atoms with Gasteiger partial charge >= 0.3 is 11.9 Å². The van der Waals surface area contributed by atoms with E-state index in [2.05, 4.69) is 15.5 Å². The number of aromatic amines is 1. The van der Waals surface area contributed by atoms with Gasteiger partial charge in [0, 0.05) is 24.0 Å². The molecule has 1 heterocycles. The van der Waals surface area contributed by atoms with Gasteiger partial charge in [0.2, 0.25) is 0 Å². The van der Waals surface area contributed by atoms with Crippen LogP contribution in [0.3, 0.4) is 0 Å². The first kappa shape index (κ1) is 23.2. The van der Waals surface area contributed by atoms with E-state index >= 15 is 0 Å². The van der Waals surface area contributed by atoms with Crippen LogP contribution in [0.5, 0.6) is 17.2 Å². The number of esters is 2. The van der Waals surface area contributed by atoms with Crippen LogP contribution in [0, 0.1) is 0 Å². The average Bonchev–Trinajstić information content (AvgIpc) is 3.28. The van der Waals surface area contributed by atoms with Crippen molar-refractivity contribution in [2.24, 2.45) is 5.10 Å². The number of hydrazone groups is 1. The number of ether oxygens (including phenoxy) is 3. The third kappa shape index (κ3) is 5.36. The Morgan fingerprint density at radius 2 is 1.66 bits per heavy atom. The molecule has 0 unspecified atom stereocenters. The quantitative estimate of drug-likeness (QED) is 0.181. The van der Waals surface area contributed by atoms with Crippen molar-refractivity contribution in [3.8, 4) is 17.2 Å². The number of nitrogens with zero attached hydrogens (tertiary/aromatic N) is 1. The lowest BCUT2D eigenvalue weighted by molar-refractivity contribution is -0.131. The van der Waals surface area contributed by atoms with E-state index in [1.807, 2.05) is 24.3 Å². The van der Waals surface area contributed by atoms with E-state index in [1.165, 1.54) is 38.4 Å². The van der Waals surface area contributed by atoms with Gasteiger partial charge in [0.05, 0.1) is 18.9 Å². The first-order chi connectivity index (χ1) is 17.0. The van der Waals surface area contributed by atoms with Crippen molar-refractivity contribution in [2.75, 3.05) is 7.11 Å². The second-order valence-electron chi connectivity index (χ2n) is 7.34. The fourth-order valence-electron chi connectivity index (χ4n) is 3.37. The summed E-state index contributed by atoms with van der Waals surface area (Å²) in [6, 6.07) is 18.5. The molecule has 0 radical (unpaired) electrons. The fourth-order valence-corrected chi connectivity index (χ4v) is 3.37. The third-order valence-corrected chi connectivity index (χ3v) is 4.96. The van der Waals surface area contributed by atoms with Gasteiger partial charge in [0.25, 0.3) is 5.91 Å². The molecule has 4 rings (SSSR count). The Bertz CT molecular complexity index is 1440. The van der Waals surface area contributed by atoms with Crippen molar-refractivity contribution in [2.45, 2.75) is 6.92 Å². The zero-order chi connectivity index (χ0) is 24.8. The molecule has 0 atom stereocenters. The lowest BCUT2D eigenvalue weighted by Crippen LogP contribution is -2.17. The molecular formula is C26H21N3O6. The molecule has 0 aliphatic carbocycles. The number of nitrogens with one attached hydrogen (secondary N) is 2. The Kier molecular flexibility index (Phi) is 6.87. The molecule has 9 nitrogen and oxygen atoms in total. The van der Waals surface area contributed by atoms with E-state index in [4.69, 9.17) is 14.2 Å². The van der Waals surface area contributed by atoms with E-state index in [0.717, 1.165) is 10.9 Å². The summed E-state index contributed by atoms with van der Waals surface area (Å²) in [7, 11) is 1.44. The van der Waals surface area contributed by atoms with Gasteiger partial charge in [-0.2, -0.15) is 5.10 Å². The molecule has 0 spiro atoms. The maximum atomic E-state index is 12.8. The molecule has 3 aromatic carbocycles. The molecule has 4 aromatic rings. The minimum Gasteiger partial charge on any atom is -0.493 e. The van der Waals surface area contributed by atoms with Crippen LogP contribution >= 0.6 is 0 Å². The van der Waals surface area contributed by atoms with E-state index in [1.54, 1.807) is 30.5 Å². The topological polar surface area (TPSA) is 119 Å². The number of rotatable bonds is 7. The van der Waals surface area contributed by atoms with E-state index in [0.29, 0.717) is 16.9 Å². The summed E-state index contributed by atoms with van der Waals surface area (Å²) < 4.78 is 15.9. The van der Waals surface area contributed by atoms with Crippen LogP contribution in [-0.4, -0.2) is 36.2 Å². The van der Waals surface area contributed by atoms with Gasteiger partial charge in [-0.25, -0.2) is 10.2 Å². The number of hydrogen-bond acceptors (Lipinski definition) is 7. The summed E-state index contributed by atoms with van der Waals surface area (Å²) in [5.74, 6) is -1.15. The van der Waals surface area contributed by atoms with Crippen molar-refractivity contribution in [3.05, 3.63) is 89.6 Å². The number of para-hydroxylation sites is 2. The zero-order valence-electron chi connectivity index (χ0n) is 18.9. The monoisotopic (exact) mass is 471 g/mol. The minimum absolute atomic E-state index is 0.0785. The number of aromatic nitrogens is 1. The highest BCUT2D eigenvalue weighted by molar-refractivity contribution is 6.06. The normalized spacial score (nSPS) is 10.8. The molecular weight excluding hydrogens is 450 g/mol. The van der Waals surface area contributed by atoms with Gasteiger partial charge in [-0.05, 0) is 42.0 Å². The van der Waals surface area contributed by atoms with Gasteiger partial charge in [0.1, 0.15) is 11.3 Å². The smallest absolute Gasteiger partial charge is 0.347 e. The lowest BCUT2D eigenvalue weighted by Gasteiger charge is -2.12. The number of carbonyl (C=O) groups excluding carboxylic acids is 3. The number of fused-ring (bicyclic) bond motifs is 1. The summed E-state index contributed by atoms with van der Waals surface area (Å²) in [4.78, 5) is 39.7. The second-order valence-corrected chi connectivity index (χ2v) is 7.34. The molecule has 0 fully saturated rings. The average molecular weight is 471 g/mol. The highest BCUT2D eigenvalue weighted by atomic mass is 16.6. The molecule has 2 N–H and O–H groups in total. The number of methoxy groups -OCH3 is 1. The van der Waals surface area contributed by atoms with Gasteiger partial charge in [-0.3, -0.25) is 9.59 Å². The Morgan fingerprint density at radius 3 is 2.46 bits per heavy atom. The van der Waals surface area contributed by atoms with Gasteiger partial charge in [0.15, 0.2) is 11.5 Å². The largest absolute Gasteiger partial charge is 0.493 e. The molecule has 0 saturated carbocycles. The van der Waals surface area contributed by atoms with Crippen molar-refractivity contribution >= 4 is 35.0 Å². The molecule has 0 aliphatic heterocycles. The maximum Gasteiger partial charge on any atom is 0.347 e. The number of carbonyl (C=O) groups is 3. The van der Waals surface area contributed by atoms with Crippen LogP contribution < -0.4 is 19.6 Å². The number of benzene rings is 3. The van der Waals surface area contributed by atoms with E-state index in [-0.39, 0.29) is 23.0 Å². The third-order valence-electron chi connectivity index (χ3n) is 4.96. The number of hydrogen-bond donors (Lipinski definition) is 2. The molecule has 176 valence electrons. The number of H-pyrrole nitrogens is 1. The predicted octanol–water partition coefficient (Wildman–Crippen LogP) is 4.08. The van der Waals surface area contributed by atoms with Crippen LogP contribution in [0.4, 0.5) is 0 Å². The van der Waals surface area contributed by atoms with Crippen LogP contribution in [0.1, 0.15) is 33.2 Å². The summed E-state index contributed by atoms with van der Waals surface area (Å²) in [6.07, 6.45) is 3.03. The molecule has 9 heteroatoms. The Labute approximate surface area is 200 Å². The first-order valence-corrected chi connectivity index (χ1v) is 10.5. The molecule has 1 amide bonds. The second kappa shape index (κ2) is 10.3. The minimum atomic E-state index is -0.734. The van der Waals surface area contributed by atoms with Crippen molar-refractivity contribution < 1.29 is 28.6 Å². The fraction of sp³-hybridized carbons (Fsp3) is 0.0769. The van der Waals surface area contributed by atoms with Crippen LogP contribution in [0.25, 0.3) is 10.9 Å². The molecule has 1 aromatic heterocycles. The standard InChI is InChI=1S/C26H21N3O6/c1-16(30)34-22-10-6-4-8-19(22)26(32)35-24-13-17(11-12-23(24)33-2)14-28-29-25(31)20-15-27-21-9-5-3-7-18(20)21/h3-15,27H,1-2H3,(H,29,31)/b28-14+.